The summed E-state index contributed by atoms with van der Waals surface area (Å²) in [7, 11) is 3.57. The van der Waals surface area contributed by atoms with Gasteiger partial charge in [-0.15, -0.1) is 0 Å². The lowest BCUT2D eigenvalue weighted by Crippen LogP contribution is -2.40. The van der Waals surface area contributed by atoms with Crippen LogP contribution in [0.5, 0.6) is 11.5 Å². The van der Waals surface area contributed by atoms with Gasteiger partial charge in [-0.05, 0) is 50.6 Å². The number of amides is 1. The van der Waals surface area contributed by atoms with Gasteiger partial charge in [-0.25, -0.2) is 0 Å². The van der Waals surface area contributed by atoms with E-state index >= 15 is 0 Å². The summed E-state index contributed by atoms with van der Waals surface area (Å²) in [5, 5.41) is 3.16. The van der Waals surface area contributed by atoms with Gasteiger partial charge in [0.25, 0.3) is 0 Å². The van der Waals surface area contributed by atoms with Crippen LogP contribution in [0.3, 0.4) is 0 Å². The van der Waals surface area contributed by atoms with Crippen molar-refractivity contribution in [2.24, 2.45) is 0 Å². The first kappa shape index (κ1) is 16.6. The van der Waals surface area contributed by atoms with Crippen LogP contribution >= 0.6 is 0 Å². The molecule has 1 aromatic carbocycles. The molecular formula is C17H26N2O3. The molecule has 1 saturated heterocycles. The van der Waals surface area contributed by atoms with Crippen molar-refractivity contribution in [3.8, 4) is 11.5 Å². The van der Waals surface area contributed by atoms with Gasteiger partial charge >= 0.3 is 0 Å². The number of carbonyl (C=O) groups excluding carboxylic acids is 1. The van der Waals surface area contributed by atoms with Crippen molar-refractivity contribution in [3.05, 3.63) is 24.3 Å². The Bertz CT molecular complexity index is 461. The predicted octanol–water partition coefficient (Wildman–Crippen LogP) is 2.06. The summed E-state index contributed by atoms with van der Waals surface area (Å²) in [5.41, 5.74) is 0. The van der Waals surface area contributed by atoms with E-state index in [9.17, 15) is 4.79 Å². The molecule has 0 radical (unpaired) electrons. The number of benzene rings is 1. The number of hydrogen-bond acceptors (Lipinski definition) is 4. The Morgan fingerprint density at radius 2 is 2.05 bits per heavy atom. The van der Waals surface area contributed by atoms with Crippen LogP contribution < -0.4 is 14.8 Å². The number of hydrogen-bond donors (Lipinski definition) is 1. The Hall–Kier alpha value is -1.75. The third-order valence-electron chi connectivity index (χ3n) is 4.00. The van der Waals surface area contributed by atoms with Gasteiger partial charge in [0, 0.05) is 25.6 Å². The average molecular weight is 306 g/mol. The second-order valence-electron chi connectivity index (χ2n) is 5.57. The third-order valence-corrected chi connectivity index (χ3v) is 4.00. The minimum atomic E-state index is 0.246. The minimum absolute atomic E-state index is 0.246. The zero-order valence-electron chi connectivity index (χ0n) is 13.5. The highest BCUT2D eigenvalue weighted by molar-refractivity contribution is 5.76. The van der Waals surface area contributed by atoms with Gasteiger partial charge in [0.1, 0.15) is 11.5 Å². The molecule has 1 heterocycles. The fourth-order valence-electron chi connectivity index (χ4n) is 2.84. The van der Waals surface area contributed by atoms with Gasteiger partial charge in [-0.3, -0.25) is 4.79 Å². The van der Waals surface area contributed by atoms with E-state index in [4.69, 9.17) is 9.47 Å². The molecule has 1 atom stereocenters. The molecule has 5 nitrogen and oxygen atoms in total. The first-order valence-corrected chi connectivity index (χ1v) is 7.95. The molecule has 1 aliphatic heterocycles. The zero-order valence-corrected chi connectivity index (χ0v) is 13.5. The van der Waals surface area contributed by atoms with Crippen molar-refractivity contribution >= 4 is 5.91 Å². The number of rotatable bonds is 8. The topological polar surface area (TPSA) is 50.8 Å². The van der Waals surface area contributed by atoms with Crippen molar-refractivity contribution in [1.82, 2.24) is 10.2 Å². The van der Waals surface area contributed by atoms with Gasteiger partial charge in [-0.2, -0.15) is 0 Å². The summed E-state index contributed by atoms with van der Waals surface area (Å²) in [6.45, 7) is 2.33. The average Bonchev–Trinajstić information content (AvgIpc) is 3.01. The standard InChI is InChI=1S/C17H26N2O3/c1-18-13-14-5-3-11-19(14)17(20)6-4-12-22-16-9-7-15(21-2)8-10-16/h7-10,14,18H,3-6,11-13H2,1-2H3. The van der Waals surface area contributed by atoms with Gasteiger partial charge in [0.15, 0.2) is 0 Å². The van der Waals surface area contributed by atoms with Crippen LogP contribution in [0.4, 0.5) is 0 Å². The molecule has 0 saturated carbocycles. The smallest absolute Gasteiger partial charge is 0.222 e. The molecule has 122 valence electrons. The second-order valence-corrected chi connectivity index (χ2v) is 5.57. The molecule has 1 amide bonds. The number of carbonyl (C=O) groups is 1. The Balaban J connectivity index is 1.68. The first-order valence-electron chi connectivity index (χ1n) is 7.95. The number of methoxy groups -OCH3 is 1. The van der Waals surface area contributed by atoms with E-state index in [1.165, 1.54) is 0 Å². The maximum atomic E-state index is 12.3. The lowest BCUT2D eigenvalue weighted by Gasteiger charge is -2.24. The molecule has 0 spiro atoms. The van der Waals surface area contributed by atoms with Crippen molar-refractivity contribution in [1.29, 1.82) is 0 Å². The fraction of sp³-hybridized carbons (Fsp3) is 0.588. The van der Waals surface area contributed by atoms with Gasteiger partial charge in [0.05, 0.1) is 13.7 Å². The first-order chi connectivity index (χ1) is 10.7. The number of likely N-dealkylation sites (N-methyl/N-ethyl adjacent to an activating group) is 1. The van der Waals surface area contributed by atoms with Crippen molar-refractivity contribution in [2.75, 3.05) is 33.9 Å². The quantitative estimate of drug-likeness (QED) is 0.747. The Morgan fingerprint density at radius 3 is 2.73 bits per heavy atom. The molecule has 0 aromatic heterocycles. The van der Waals surface area contributed by atoms with E-state index in [-0.39, 0.29) is 5.91 Å². The molecule has 1 unspecified atom stereocenters. The normalized spacial score (nSPS) is 17.5. The lowest BCUT2D eigenvalue weighted by atomic mass is 10.2. The summed E-state index contributed by atoms with van der Waals surface area (Å²) in [6, 6.07) is 7.86. The van der Waals surface area contributed by atoms with Gasteiger partial charge in [-0.1, -0.05) is 0 Å². The molecule has 1 N–H and O–H groups in total. The Kier molecular flexibility index (Phi) is 6.52. The lowest BCUT2D eigenvalue weighted by molar-refractivity contribution is -0.132. The number of likely N-dealkylation sites (tertiary alicyclic amines) is 1. The van der Waals surface area contributed by atoms with Gasteiger partial charge in [0.2, 0.25) is 5.91 Å². The van der Waals surface area contributed by atoms with Crippen LogP contribution in [-0.2, 0) is 4.79 Å². The minimum Gasteiger partial charge on any atom is -0.497 e. The maximum absolute atomic E-state index is 12.3. The van der Waals surface area contributed by atoms with Crippen molar-refractivity contribution in [3.63, 3.8) is 0 Å². The molecular weight excluding hydrogens is 280 g/mol. The van der Waals surface area contributed by atoms with Crippen LogP contribution in [0, 0.1) is 0 Å². The third kappa shape index (κ3) is 4.63. The van der Waals surface area contributed by atoms with Crippen LogP contribution in [0.15, 0.2) is 24.3 Å². The maximum Gasteiger partial charge on any atom is 0.222 e. The molecule has 22 heavy (non-hydrogen) atoms. The summed E-state index contributed by atoms with van der Waals surface area (Å²) >= 11 is 0. The summed E-state index contributed by atoms with van der Waals surface area (Å²) in [4.78, 5) is 14.3. The summed E-state index contributed by atoms with van der Waals surface area (Å²) in [5.74, 6) is 1.87. The SMILES string of the molecule is CNCC1CCCN1C(=O)CCCOc1ccc(OC)cc1. The highest BCUT2D eigenvalue weighted by Gasteiger charge is 2.27. The molecule has 1 aromatic rings. The van der Waals surface area contributed by atoms with E-state index < -0.39 is 0 Å². The fourth-order valence-corrected chi connectivity index (χ4v) is 2.84. The molecule has 0 aliphatic carbocycles. The van der Waals surface area contributed by atoms with E-state index in [0.717, 1.165) is 43.9 Å². The monoisotopic (exact) mass is 306 g/mol. The van der Waals surface area contributed by atoms with Crippen LogP contribution in [-0.4, -0.2) is 50.7 Å². The summed E-state index contributed by atoms with van der Waals surface area (Å²) < 4.78 is 10.8. The number of nitrogens with zero attached hydrogens (tertiary/aromatic N) is 1. The Labute approximate surface area is 132 Å². The van der Waals surface area contributed by atoms with Gasteiger partial charge < -0.3 is 19.7 Å². The van der Waals surface area contributed by atoms with Crippen LogP contribution in [0.2, 0.25) is 0 Å². The van der Waals surface area contributed by atoms with E-state index in [0.29, 0.717) is 19.1 Å². The second kappa shape index (κ2) is 8.63. The van der Waals surface area contributed by atoms with E-state index in [1.54, 1.807) is 7.11 Å². The zero-order chi connectivity index (χ0) is 15.8. The van der Waals surface area contributed by atoms with Crippen LogP contribution in [0.1, 0.15) is 25.7 Å². The molecule has 1 aliphatic rings. The highest BCUT2D eigenvalue weighted by atomic mass is 16.5. The molecule has 0 bridgehead atoms. The predicted molar refractivity (Wildman–Crippen MR) is 86.4 cm³/mol. The van der Waals surface area contributed by atoms with Crippen molar-refractivity contribution < 1.29 is 14.3 Å². The largest absolute Gasteiger partial charge is 0.497 e. The number of nitrogens with one attached hydrogen (secondary N) is 1. The number of ether oxygens (including phenoxy) is 2. The summed E-state index contributed by atoms with van der Waals surface area (Å²) in [6.07, 6.45) is 3.51. The van der Waals surface area contributed by atoms with E-state index in [1.807, 2.05) is 36.2 Å². The highest BCUT2D eigenvalue weighted by Crippen LogP contribution is 2.19. The molecule has 5 heteroatoms. The molecule has 1 fully saturated rings. The Morgan fingerprint density at radius 1 is 1.32 bits per heavy atom. The molecule has 2 rings (SSSR count). The van der Waals surface area contributed by atoms with Crippen molar-refractivity contribution in [2.45, 2.75) is 31.7 Å². The van der Waals surface area contributed by atoms with Crippen LogP contribution in [0.25, 0.3) is 0 Å². The van der Waals surface area contributed by atoms with E-state index in [2.05, 4.69) is 5.32 Å².